The van der Waals surface area contributed by atoms with Crippen LogP contribution in [0.15, 0.2) is 97.2 Å². The Kier molecular flexibility index (Phi) is 49.7. The van der Waals surface area contributed by atoms with Gasteiger partial charge in [-0.2, -0.15) is 0 Å². The van der Waals surface area contributed by atoms with Crippen LogP contribution in [0.4, 0.5) is 0 Å². The second-order valence-corrected chi connectivity index (χ2v) is 19.9. The Morgan fingerprint density at radius 3 is 1.21 bits per heavy atom. The number of ether oxygens (including phenoxy) is 4. The lowest BCUT2D eigenvalue weighted by atomic mass is 10.1. The molecule has 0 aromatic rings. The molecule has 0 aromatic carbocycles. The van der Waals surface area contributed by atoms with Crippen molar-refractivity contribution in [3.8, 4) is 0 Å². The van der Waals surface area contributed by atoms with Gasteiger partial charge in [0, 0.05) is 12.8 Å². The number of allylic oxidation sites excluding steroid dienone is 16. The predicted molar refractivity (Wildman–Crippen MR) is 299 cm³/mol. The zero-order chi connectivity index (χ0) is 52.0. The largest absolute Gasteiger partial charge is 0.477 e. The van der Waals surface area contributed by atoms with Crippen molar-refractivity contribution in [1.29, 1.82) is 0 Å². The lowest BCUT2D eigenvalue weighted by molar-refractivity contribution is -0.870. The molecule has 0 radical (unpaired) electrons. The first-order valence-corrected chi connectivity index (χ1v) is 28.4. The van der Waals surface area contributed by atoms with Crippen molar-refractivity contribution >= 4 is 17.9 Å². The minimum absolute atomic E-state index is 0.181. The molecule has 0 saturated carbocycles. The van der Waals surface area contributed by atoms with E-state index in [1.165, 1.54) is 77.0 Å². The number of aliphatic carboxylic acids is 1. The molecule has 9 nitrogen and oxygen atoms in total. The number of likely N-dealkylation sites (N-methyl/N-ethyl adjacent to an activating group) is 1. The van der Waals surface area contributed by atoms with Gasteiger partial charge in [0.1, 0.15) is 13.2 Å². The summed E-state index contributed by atoms with van der Waals surface area (Å²) in [5.74, 6) is -2.03. The number of carboxylic acids is 1. The number of unbranched alkanes of at least 4 members (excludes halogenated alkanes) is 20. The van der Waals surface area contributed by atoms with Gasteiger partial charge in [-0.3, -0.25) is 9.59 Å². The van der Waals surface area contributed by atoms with Gasteiger partial charge in [-0.25, -0.2) is 4.79 Å². The highest BCUT2D eigenvalue weighted by molar-refractivity contribution is 5.71. The molecule has 0 aromatic heterocycles. The molecule has 0 spiro atoms. The SMILES string of the molecule is CC/C=C\C/C=C\C/C=C\C/C=C\C/C=C\C/C=C\C/C=C\CCCCCCCCCCCC(=O)OC(COC(=O)CCCCCCC/C=C\CCCCCCCC)COC(OCC[N+](C)(C)C)C(=O)O. The summed E-state index contributed by atoms with van der Waals surface area (Å²) in [7, 11) is 5.95. The Balaban J connectivity index is 4.26. The second kappa shape index (κ2) is 52.5. The molecule has 0 saturated heterocycles. The van der Waals surface area contributed by atoms with Gasteiger partial charge < -0.3 is 28.5 Å². The number of hydrogen-bond acceptors (Lipinski definition) is 7. The first-order valence-electron chi connectivity index (χ1n) is 28.4. The summed E-state index contributed by atoms with van der Waals surface area (Å²) < 4.78 is 22.8. The molecular formula is C62H106NO8+. The van der Waals surface area contributed by atoms with E-state index < -0.39 is 24.3 Å². The number of esters is 2. The molecule has 9 heteroatoms. The number of nitrogens with zero attached hydrogens (tertiary/aromatic N) is 1. The third-order valence-corrected chi connectivity index (χ3v) is 11.8. The highest BCUT2D eigenvalue weighted by atomic mass is 16.7. The number of carboxylic acid groups (broad SMARTS) is 1. The molecule has 0 aliphatic heterocycles. The highest BCUT2D eigenvalue weighted by Gasteiger charge is 2.25. The molecule has 0 heterocycles. The molecular weight excluding hydrogens is 887 g/mol. The number of rotatable bonds is 51. The average Bonchev–Trinajstić information content (AvgIpc) is 3.34. The molecule has 0 rings (SSSR count). The highest BCUT2D eigenvalue weighted by Crippen LogP contribution is 2.14. The minimum Gasteiger partial charge on any atom is -0.477 e. The predicted octanol–water partition coefficient (Wildman–Crippen LogP) is 16.6. The van der Waals surface area contributed by atoms with Crippen LogP contribution in [-0.4, -0.2) is 87.4 Å². The van der Waals surface area contributed by atoms with Crippen LogP contribution in [0.3, 0.4) is 0 Å². The second-order valence-electron chi connectivity index (χ2n) is 19.9. The van der Waals surface area contributed by atoms with Crippen molar-refractivity contribution in [3.05, 3.63) is 97.2 Å². The van der Waals surface area contributed by atoms with Gasteiger partial charge in [0.05, 0.1) is 34.4 Å². The van der Waals surface area contributed by atoms with Crippen molar-refractivity contribution in [2.24, 2.45) is 0 Å². The molecule has 2 atom stereocenters. The van der Waals surface area contributed by atoms with Crippen LogP contribution in [0.25, 0.3) is 0 Å². The molecule has 406 valence electrons. The van der Waals surface area contributed by atoms with E-state index in [0.29, 0.717) is 17.4 Å². The Bertz CT molecular complexity index is 1480. The maximum atomic E-state index is 12.9. The van der Waals surface area contributed by atoms with E-state index in [1.54, 1.807) is 0 Å². The standard InChI is InChI=1S/C62H105NO8/c1-6-8-10-12-14-16-18-20-22-23-24-25-26-27-28-29-30-31-32-33-34-35-36-37-39-41-43-45-47-49-51-53-60(65)71-58(57-70-62(61(66)67)68-55-54-63(3,4)5)56-69-59(64)52-50-48-46-44-42-40-38-21-19-17-15-13-11-9-7-2/h8,10,14,16,20-22,24-25,27-28,30-31,33-34,38,58,62H,6-7,9,11-13,15,17-19,23,26,29,32,35-37,39-57H2,1-5H3/p+1/b10-8-,16-14-,22-20-,25-24-,28-27-,31-30-,34-33-,38-21-. The quantitative estimate of drug-likeness (QED) is 0.0211. The van der Waals surface area contributed by atoms with Crippen molar-refractivity contribution in [3.63, 3.8) is 0 Å². The zero-order valence-electron chi connectivity index (χ0n) is 46.1. The van der Waals surface area contributed by atoms with E-state index in [4.69, 9.17) is 18.9 Å². The third kappa shape index (κ3) is 53.8. The fourth-order valence-electron chi connectivity index (χ4n) is 7.46. The molecule has 2 unspecified atom stereocenters. The zero-order valence-corrected chi connectivity index (χ0v) is 46.1. The number of hydrogen-bond donors (Lipinski definition) is 1. The maximum Gasteiger partial charge on any atom is 0.361 e. The van der Waals surface area contributed by atoms with Crippen molar-refractivity contribution in [2.75, 3.05) is 47.5 Å². The summed E-state index contributed by atoms with van der Waals surface area (Å²) in [5.41, 5.74) is 0. The molecule has 71 heavy (non-hydrogen) atoms. The van der Waals surface area contributed by atoms with Crippen LogP contribution in [0.5, 0.6) is 0 Å². The van der Waals surface area contributed by atoms with Crippen LogP contribution in [0, 0.1) is 0 Å². The number of carbonyl (C=O) groups is 3. The van der Waals surface area contributed by atoms with Crippen LogP contribution in [0.2, 0.25) is 0 Å². The number of quaternary nitrogens is 1. The first-order chi connectivity index (χ1) is 34.6. The Labute approximate surface area is 435 Å². The van der Waals surface area contributed by atoms with Crippen LogP contribution >= 0.6 is 0 Å². The minimum atomic E-state index is -1.52. The summed E-state index contributed by atoms with van der Waals surface area (Å²) in [6.45, 7) is 4.73. The van der Waals surface area contributed by atoms with E-state index >= 15 is 0 Å². The van der Waals surface area contributed by atoms with E-state index in [2.05, 4.69) is 111 Å². The van der Waals surface area contributed by atoms with Gasteiger partial charge in [-0.15, -0.1) is 0 Å². The van der Waals surface area contributed by atoms with E-state index in [0.717, 1.165) is 109 Å². The number of carbonyl (C=O) groups excluding carboxylic acids is 2. The van der Waals surface area contributed by atoms with Gasteiger partial charge in [0.15, 0.2) is 6.10 Å². The molecule has 0 bridgehead atoms. The van der Waals surface area contributed by atoms with Crippen molar-refractivity contribution in [2.45, 2.75) is 232 Å². The van der Waals surface area contributed by atoms with E-state index in [-0.39, 0.29) is 38.6 Å². The Morgan fingerprint density at radius 2 is 0.803 bits per heavy atom. The van der Waals surface area contributed by atoms with Crippen molar-refractivity contribution in [1.82, 2.24) is 0 Å². The lowest BCUT2D eigenvalue weighted by Crippen LogP contribution is -2.40. The van der Waals surface area contributed by atoms with Gasteiger partial charge >= 0.3 is 17.9 Å². The van der Waals surface area contributed by atoms with Crippen molar-refractivity contribution < 1.29 is 42.9 Å². The first kappa shape index (κ1) is 67.2. The monoisotopic (exact) mass is 993 g/mol. The molecule has 0 amide bonds. The molecule has 0 fully saturated rings. The van der Waals surface area contributed by atoms with Crippen LogP contribution in [-0.2, 0) is 33.3 Å². The topological polar surface area (TPSA) is 108 Å². The van der Waals surface area contributed by atoms with Gasteiger partial charge in [0.25, 0.3) is 6.29 Å². The van der Waals surface area contributed by atoms with E-state index in [9.17, 15) is 19.5 Å². The maximum absolute atomic E-state index is 12.9. The summed E-state index contributed by atoms with van der Waals surface area (Å²) in [5, 5.41) is 9.69. The summed E-state index contributed by atoms with van der Waals surface area (Å²) in [4.78, 5) is 37.4. The van der Waals surface area contributed by atoms with Gasteiger partial charge in [-0.1, -0.05) is 207 Å². The molecule has 0 aliphatic rings. The van der Waals surface area contributed by atoms with Crippen LogP contribution in [0.1, 0.15) is 219 Å². The lowest BCUT2D eigenvalue weighted by Gasteiger charge is -2.25. The third-order valence-electron chi connectivity index (χ3n) is 11.8. The Morgan fingerprint density at radius 1 is 0.437 bits per heavy atom. The van der Waals surface area contributed by atoms with Gasteiger partial charge in [0.2, 0.25) is 0 Å². The van der Waals surface area contributed by atoms with E-state index in [1.807, 2.05) is 21.1 Å². The fourth-order valence-corrected chi connectivity index (χ4v) is 7.46. The normalized spacial score (nSPS) is 13.5. The Hall–Kier alpha value is -3.79. The smallest absolute Gasteiger partial charge is 0.361 e. The molecule has 1 N–H and O–H groups in total. The fraction of sp³-hybridized carbons (Fsp3) is 0.694. The average molecular weight is 994 g/mol. The summed E-state index contributed by atoms with van der Waals surface area (Å²) >= 11 is 0. The van der Waals surface area contributed by atoms with Crippen LogP contribution < -0.4 is 0 Å². The molecule has 0 aliphatic carbocycles. The van der Waals surface area contributed by atoms with Gasteiger partial charge in [-0.05, 0) is 96.3 Å². The summed E-state index contributed by atoms with van der Waals surface area (Å²) in [6.07, 6.45) is 67.6. The summed E-state index contributed by atoms with van der Waals surface area (Å²) in [6, 6.07) is 0.